The first-order chi connectivity index (χ1) is 9.97. The number of ether oxygens (including phenoxy) is 1. The monoisotopic (exact) mass is 367 g/mol. The van der Waals surface area contributed by atoms with Crippen molar-refractivity contribution in [3.05, 3.63) is 57.5 Å². The lowest BCUT2D eigenvalue weighted by molar-refractivity contribution is -0.122. The van der Waals surface area contributed by atoms with Crippen LogP contribution in [0.1, 0.15) is 12.5 Å². The quantitative estimate of drug-likeness (QED) is 0.840. The molecule has 1 atom stereocenters. The molecule has 21 heavy (non-hydrogen) atoms. The van der Waals surface area contributed by atoms with Crippen molar-refractivity contribution in [1.82, 2.24) is 0 Å². The number of nitrogens with one attached hydrogen (secondary N) is 1. The average molecular weight is 369 g/mol. The van der Waals surface area contributed by atoms with Gasteiger partial charge >= 0.3 is 0 Å². The highest BCUT2D eigenvalue weighted by atomic mass is 79.9. The zero-order chi connectivity index (χ0) is 15.4. The van der Waals surface area contributed by atoms with Crippen LogP contribution in [-0.4, -0.2) is 12.0 Å². The van der Waals surface area contributed by atoms with E-state index < -0.39 is 6.10 Å². The fourth-order valence-corrected chi connectivity index (χ4v) is 2.25. The summed E-state index contributed by atoms with van der Waals surface area (Å²) in [6, 6.07) is 12.7. The first kappa shape index (κ1) is 15.9. The molecule has 0 aliphatic rings. The summed E-state index contributed by atoms with van der Waals surface area (Å²) >= 11 is 9.35. The average Bonchev–Trinajstić information content (AvgIpc) is 2.45. The Morgan fingerprint density at radius 2 is 2.00 bits per heavy atom. The summed E-state index contributed by atoms with van der Waals surface area (Å²) in [7, 11) is 0. The fourth-order valence-electron chi connectivity index (χ4n) is 1.75. The molecule has 2 rings (SSSR count). The van der Waals surface area contributed by atoms with Crippen molar-refractivity contribution in [2.75, 3.05) is 5.32 Å². The Balaban J connectivity index is 2.02. The van der Waals surface area contributed by atoms with Gasteiger partial charge in [0, 0.05) is 9.50 Å². The van der Waals surface area contributed by atoms with Crippen molar-refractivity contribution in [2.45, 2.75) is 20.0 Å². The largest absolute Gasteiger partial charge is 0.481 e. The number of hydrogen-bond donors (Lipinski definition) is 1. The van der Waals surface area contributed by atoms with Crippen LogP contribution in [0.2, 0.25) is 5.02 Å². The zero-order valence-electron chi connectivity index (χ0n) is 11.7. The number of para-hydroxylation sites is 1. The van der Waals surface area contributed by atoms with Crippen LogP contribution in [0, 0.1) is 6.92 Å². The molecular weight excluding hydrogens is 354 g/mol. The molecule has 2 aromatic rings. The molecule has 2 aromatic carbocycles. The summed E-state index contributed by atoms with van der Waals surface area (Å²) in [4.78, 5) is 12.1. The van der Waals surface area contributed by atoms with E-state index in [0.29, 0.717) is 16.5 Å². The molecule has 3 nitrogen and oxygen atoms in total. The predicted octanol–water partition coefficient (Wildman–Crippen LogP) is 4.82. The molecule has 0 spiro atoms. The number of hydrogen-bond acceptors (Lipinski definition) is 2. The van der Waals surface area contributed by atoms with Crippen molar-refractivity contribution in [1.29, 1.82) is 0 Å². The van der Waals surface area contributed by atoms with E-state index >= 15 is 0 Å². The summed E-state index contributed by atoms with van der Waals surface area (Å²) in [6.07, 6.45) is -0.613. The van der Waals surface area contributed by atoms with Crippen molar-refractivity contribution < 1.29 is 9.53 Å². The summed E-state index contributed by atoms with van der Waals surface area (Å²) in [5.41, 5.74) is 1.62. The molecule has 0 radical (unpaired) electrons. The Kier molecular flexibility index (Phi) is 5.26. The van der Waals surface area contributed by atoms with E-state index in [-0.39, 0.29) is 5.91 Å². The minimum atomic E-state index is -0.613. The van der Waals surface area contributed by atoms with Crippen LogP contribution < -0.4 is 10.1 Å². The highest BCUT2D eigenvalue weighted by Gasteiger charge is 2.16. The first-order valence-electron chi connectivity index (χ1n) is 6.45. The van der Waals surface area contributed by atoms with Gasteiger partial charge in [0.2, 0.25) is 0 Å². The van der Waals surface area contributed by atoms with Gasteiger partial charge in [-0.1, -0.05) is 23.7 Å². The standard InChI is InChI=1S/C16H15BrClNO2/c1-10-9-12(7-8-14(10)18)21-11(2)16(20)19-15-6-4-3-5-13(15)17/h3-9,11H,1-2H3,(H,19,20)/t11-/m0/s1. The summed E-state index contributed by atoms with van der Waals surface area (Å²) < 4.78 is 6.46. The van der Waals surface area contributed by atoms with Crippen LogP contribution in [-0.2, 0) is 4.79 Å². The van der Waals surface area contributed by atoms with Crippen LogP contribution in [0.4, 0.5) is 5.69 Å². The maximum Gasteiger partial charge on any atom is 0.265 e. The van der Waals surface area contributed by atoms with E-state index in [1.165, 1.54) is 0 Å². The molecule has 0 fully saturated rings. The van der Waals surface area contributed by atoms with E-state index in [2.05, 4.69) is 21.2 Å². The second-order valence-electron chi connectivity index (χ2n) is 4.64. The van der Waals surface area contributed by atoms with Gasteiger partial charge in [-0.2, -0.15) is 0 Å². The molecule has 0 aromatic heterocycles. The normalized spacial score (nSPS) is 11.8. The Morgan fingerprint density at radius 1 is 1.29 bits per heavy atom. The first-order valence-corrected chi connectivity index (χ1v) is 7.62. The van der Waals surface area contributed by atoms with E-state index in [9.17, 15) is 4.79 Å². The van der Waals surface area contributed by atoms with Gasteiger partial charge in [-0.15, -0.1) is 0 Å². The van der Waals surface area contributed by atoms with Gasteiger partial charge in [-0.25, -0.2) is 0 Å². The third kappa shape index (κ3) is 4.22. The van der Waals surface area contributed by atoms with Crippen LogP contribution >= 0.6 is 27.5 Å². The van der Waals surface area contributed by atoms with E-state index in [1.54, 1.807) is 19.1 Å². The fraction of sp³-hybridized carbons (Fsp3) is 0.188. The highest BCUT2D eigenvalue weighted by molar-refractivity contribution is 9.10. The molecule has 0 bridgehead atoms. The Morgan fingerprint density at radius 3 is 2.67 bits per heavy atom. The van der Waals surface area contributed by atoms with Gasteiger partial charge in [0.05, 0.1) is 5.69 Å². The molecule has 0 saturated heterocycles. The summed E-state index contributed by atoms with van der Waals surface area (Å²) in [5, 5.41) is 3.49. The lowest BCUT2D eigenvalue weighted by Gasteiger charge is -2.16. The van der Waals surface area contributed by atoms with E-state index in [4.69, 9.17) is 16.3 Å². The second kappa shape index (κ2) is 6.96. The van der Waals surface area contributed by atoms with Crippen molar-refractivity contribution in [2.24, 2.45) is 0 Å². The minimum Gasteiger partial charge on any atom is -0.481 e. The predicted molar refractivity (Wildman–Crippen MR) is 89.1 cm³/mol. The third-order valence-electron chi connectivity index (χ3n) is 2.94. The van der Waals surface area contributed by atoms with Crippen molar-refractivity contribution in [3.63, 3.8) is 0 Å². The molecule has 0 heterocycles. The lowest BCUT2D eigenvalue weighted by Crippen LogP contribution is -2.30. The Labute approximate surface area is 137 Å². The van der Waals surface area contributed by atoms with Crippen LogP contribution in [0.15, 0.2) is 46.9 Å². The Bertz CT molecular complexity index is 660. The smallest absolute Gasteiger partial charge is 0.265 e. The minimum absolute atomic E-state index is 0.213. The van der Waals surface area contributed by atoms with Crippen molar-refractivity contribution in [3.8, 4) is 5.75 Å². The second-order valence-corrected chi connectivity index (χ2v) is 5.90. The molecule has 0 aliphatic heterocycles. The van der Waals surface area contributed by atoms with Crippen LogP contribution in [0.25, 0.3) is 0 Å². The number of rotatable bonds is 4. The summed E-state index contributed by atoms with van der Waals surface area (Å²) in [6.45, 7) is 3.59. The number of anilines is 1. The number of halogens is 2. The lowest BCUT2D eigenvalue weighted by atomic mass is 10.2. The Hall–Kier alpha value is -1.52. The molecule has 5 heteroatoms. The number of amides is 1. The highest BCUT2D eigenvalue weighted by Crippen LogP contribution is 2.23. The maximum absolute atomic E-state index is 12.1. The van der Waals surface area contributed by atoms with Gasteiger partial charge in [-0.3, -0.25) is 4.79 Å². The van der Waals surface area contributed by atoms with Crippen LogP contribution in [0.5, 0.6) is 5.75 Å². The molecule has 0 saturated carbocycles. The van der Waals surface area contributed by atoms with E-state index in [0.717, 1.165) is 10.0 Å². The number of carbonyl (C=O) groups excluding carboxylic acids is 1. The molecule has 0 unspecified atom stereocenters. The third-order valence-corrected chi connectivity index (χ3v) is 4.06. The zero-order valence-corrected chi connectivity index (χ0v) is 14.0. The van der Waals surface area contributed by atoms with Gasteiger partial charge < -0.3 is 10.1 Å². The van der Waals surface area contributed by atoms with Crippen molar-refractivity contribution >= 4 is 39.1 Å². The molecule has 1 amide bonds. The van der Waals surface area contributed by atoms with E-state index in [1.807, 2.05) is 37.3 Å². The van der Waals surface area contributed by atoms with Gasteiger partial charge in [-0.05, 0) is 65.7 Å². The molecule has 110 valence electrons. The van der Waals surface area contributed by atoms with Gasteiger partial charge in [0.1, 0.15) is 5.75 Å². The number of aryl methyl sites for hydroxylation is 1. The summed E-state index contributed by atoms with van der Waals surface area (Å²) in [5.74, 6) is 0.404. The number of carbonyl (C=O) groups is 1. The molecular formula is C16H15BrClNO2. The van der Waals surface area contributed by atoms with Gasteiger partial charge in [0.15, 0.2) is 6.10 Å². The molecule has 1 N–H and O–H groups in total. The number of benzene rings is 2. The van der Waals surface area contributed by atoms with Gasteiger partial charge in [0.25, 0.3) is 5.91 Å². The maximum atomic E-state index is 12.1. The van der Waals surface area contributed by atoms with Crippen LogP contribution in [0.3, 0.4) is 0 Å². The topological polar surface area (TPSA) is 38.3 Å². The SMILES string of the molecule is Cc1cc(O[C@@H](C)C(=O)Nc2ccccc2Br)ccc1Cl. The molecule has 0 aliphatic carbocycles.